The number of sulfonamides is 1. The molecule has 2 aromatic rings. The van der Waals surface area contributed by atoms with E-state index < -0.39 is 16.0 Å². The first kappa shape index (κ1) is 15.8. The Morgan fingerprint density at radius 2 is 1.91 bits per heavy atom. The van der Waals surface area contributed by atoms with Crippen molar-refractivity contribution in [3.63, 3.8) is 0 Å². The molecular formula is C15H15NO5S. The molecule has 0 aliphatic rings. The Morgan fingerprint density at radius 1 is 1.18 bits per heavy atom. The van der Waals surface area contributed by atoms with E-state index in [1.165, 1.54) is 18.2 Å². The standard InChI is InChI=1S/C15H15NO5S/c1-2-21-13-7-4-6-12(10-13)16-22(19,20)14-8-3-5-11(9-14)15(17)18/h3-10,16H,2H2,1H3,(H,17,18). The van der Waals surface area contributed by atoms with Crippen LogP contribution >= 0.6 is 0 Å². The van der Waals surface area contributed by atoms with Gasteiger partial charge in [-0.2, -0.15) is 0 Å². The highest BCUT2D eigenvalue weighted by atomic mass is 32.2. The first-order valence-corrected chi connectivity index (χ1v) is 8.00. The zero-order chi connectivity index (χ0) is 16.2. The van der Waals surface area contributed by atoms with Gasteiger partial charge in [0.15, 0.2) is 0 Å². The number of carboxylic acid groups (broad SMARTS) is 1. The third-order valence-electron chi connectivity index (χ3n) is 2.79. The SMILES string of the molecule is CCOc1cccc(NS(=O)(=O)c2cccc(C(=O)O)c2)c1. The van der Waals surface area contributed by atoms with Gasteiger partial charge in [0, 0.05) is 6.07 Å². The molecule has 0 aliphatic heterocycles. The lowest BCUT2D eigenvalue weighted by Crippen LogP contribution is -2.13. The van der Waals surface area contributed by atoms with Gasteiger partial charge in [-0.3, -0.25) is 4.72 Å². The molecule has 0 amide bonds. The van der Waals surface area contributed by atoms with Crippen LogP contribution in [0.1, 0.15) is 17.3 Å². The first-order chi connectivity index (χ1) is 10.4. The molecular weight excluding hydrogens is 306 g/mol. The van der Waals surface area contributed by atoms with E-state index in [-0.39, 0.29) is 10.5 Å². The fourth-order valence-corrected chi connectivity index (χ4v) is 2.92. The normalized spacial score (nSPS) is 11.0. The van der Waals surface area contributed by atoms with Gasteiger partial charge in [0.25, 0.3) is 10.0 Å². The van der Waals surface area contributed by atoms with Crippen LogP contribution in [-0.4, -0.2) is 26.1 Å². The van der Waals surface area contributed by atoms with Crippen LogP contribution in [0.4, 0.5) is 5.69 Å². The van der Waals surface area contributed by atoms with Crippen molar-refractivity contribution in [1.82, 2.24) is 0 Å². The van der Waals surface area contributed by atoms with Gasteiger partial charge in [-0.1, -0.05) is 12.1 Å². The molecule has 116 valence electrons. The van der Waals surface area contributed by atoms with Gasteiger partial charge in [-0.25, -0.2) is 13.2 Å². The summed E-state index contributed by atoms with van der Waals surface area (Å²) in [5.74, 6) is -0.641. The molecule has 0 heterocycles. The quantitative estimate of drug-likeness (QED) is 0.853. The second-order valence-electron chi connectivity index (χ2n) is 4.40. The summed E-state index contributed by atoms with van der Waals surface area (Å²) >= 11 is 0. The lowest BCUT2D eigenvalue weighted by atomic mass is 10.2. The molecule has 0 aliphatic carbocycles. The summed E-state index contributed by atoms with van der Waals surface area (Å²) < 4.78 is 32.3. The van der Waals surface area contributed by atoms with Crippen molar-refractivity contribution in [1.29, 1.82) is 0 Å². The Hall–Kier alpha value is -2.54. The molecule has 0 bridgehead atoms. The van der Waals surface area contributed by atoms with E-state index in [1.54, 1.807) is 24.3 Å². The van der Waals surface area contributed by atoms with E-state index in [1.807, 2.05) is 6.92 Å². The van der Waals surface area contributed by atoms with E-state index in [0.717, 1.165) is 6.07 Å². The molecule has 2 rings (SSSR count). The molecule has 2 aromatic carbocycles. The molecule has 2 N–H and O–H groups in total. The van der Waals surface area contributed by atoms with E-state index >= 15 is 0 Å². The smallest absolute Gasteiger partial charge is 0.335 e. The maximum atomic E-state index is 12.3. The van der Waals surface area contributed by atoms with Crippen LogP contribution in [-0.2, 0) is 10.0 Å². The van der Waals surface area contributed by atoms with E-state index in [4.69, 9.17) is 9.84 Å². The van der Waals surface area contributed by atoms with Crippen molar-refractivity contribution in [3.05, 3.63) is 54.1 Å². The molecule has 0 spiro atoms. The summed E-state index contributed by atoms with van der Waals surface area (Å²) in [6, 6.07) is 11.7. The number of aromatic carboxylic acids is 1. The largest absolute Gasteiger partial charge is 0.494 e. The molecule has 0 fully saturated rings. The van der Waals surface area contributed by atoms with Crippen LogP contribution in [0.15, 0.2) is 53.4 Å². The van der Waals surface area contributed by atoms with Gasteiger partial charge in [0.2, 0.25) is 0 Å². The van der Waals surface area contributed by atoms with Gasteiger partial charge in [0.1, 0.15) is 5.75 Å². The maximum Gasteiger partial charge on any atom is 0.335 e. The van der Waals surface area contributed by atoms with Crippen LogP contribution in [0.3, 0.4) is 0 Å². The molecule has 0 saturated carbocycles. The average Bonchev–Trinajstić information content (AvgIpc) is 2.47. The fourth-order valence-electron chi connectivity index (χ4n) is 1.83. The number of hydrogen-bond acceptors (Lipinski definition) is 4. The number of ether oxygens (including phenoxy) is 1. The van der Waals surface area contributed by atoms with Gasteiger partial charge in [-0.15, -0.1) is 0 Å². The van der Waals surface area contributed by atoms with E-state index in [0.29, 0.717) is 18.0 Å². The van der Waals surface area contributed by atoms with Gasteiger partial charge in [-0.05, 0) is 37.3 Å². The Bertz CT molecular complexity index is 786. The molecule has 0 radical (unpaired) electrons. The van der Waals surface area contributed by atoms with Gasteiger partial charge in [0.05, 0.1) is 22.8 Å². The summed E-state index contributed by atoms with van der Waals surface area (Å²) in [6.07, 6.45) is 0. The highest BCUT2D eigenvalue weighted by Gasteiger charge is 2.16. The second kappa shape index (κ2) is 6.48. The third-order valence-corrected chi connectivity index (χ3v) is 4.17. The molecule has 0 saturated heterocycles. The van der Waals surface area contributed by atoms with Gasteiger partial charge < -0.3 is 9.84 Å². The van der Waals surface area contributed by atoms with Crippen molar-refractivity contribution in [2.45, 2.75) is 11.8 Å². The number of rotatable bonds is 6. The summed E-state index contributed by atoms with van der Waals surface area (Å²) in [5, 5.41) is 8.93. The zero-order valence-corrected chi connectivity index (χ0v) is 12.6. The minimum Gasteiger partial charge on any atom is -0.494 e. The van der Waals surface area contributed by atoms with Crippen molar-refractivity contribution < 1.29 is 23.1 Å². The highest BCUT2D eigenvalue weighted by Crippen LogP contribution is 2.21. The summed E-state index contributed by atoms with van der Waals surface area (Å²) in [4.78, 5) is 10.8. The Kier molecular flexibility index (Phi) is 4.67. The van der Waals surface area contributed by atoms with Crippen LogP contribution in [0, 0.1) is 0 Å². The summed E-state index contributed by atoms with van der Waals surface area (Å²) in [5.41, 5.74) is 0.248. The van der Waals surface area contributed by atoms with Gasteiger partial charge >= 0.3 is 5.97 Å². The molecule has 7 heteroatoms. The number of benzene rings is 2. The third kappa shape index (κ3) is 3.76. The Balaban J connectivity index is 2.29. The average molecular weight is 321 g/mol. The van der Waals surface area contributed by atoms with Crippen molar-refractivity contribution >= 4 is 21.7 Å². The lowest BCUT2D eigenvalue weighted by molar-refractivity contribution is 0.0696. The second-order valence-corrected chi connectivity index (χ2v) is 6.08. The van der Waals surface area contributed by atoms with E-state index in [2.05, 4.69) is 4.72 Å². The minimum absolute atomic E-state index is 0.0917. The molecule has 0 unspecified atom stereocenters. The van der Waals surface area contributed by atoms with Crippen molar-refractivity contribution in [3.8, 4) is 5.75 Å². The van der Waals surface area contributed by atoms with Crippen molar-refractivity contribution in [2.24, 2.45) is 0 Å². The lowest BCUT2D eigenvalue weighted by Gasteiger charge is -2.10. The van der Waals surface area contributed by atoms with Crippen LogP contribution in [0.25, 0.3) is 0 Å². The molecule has 0 aromatic heterocycles. The number of carboxylic acids is 1. The van der Waals surface area contributed by atoms with Crippen LogP contribution < -0.4 is 9.46 Å². The maximum absolute atomic E-state index is 12.3. The van der Waals surface area contributed by atoms with Crippen molar-refractivity contribution in [2.75, 3.05) is 11.3 Å². The first-order valence-electron chi connectivity index (χ1n) is 6.51. The minimum atomic E-state index is -3.87. The Labute approximate surface area is 128 Å². The number of anilines is 1. The summed E-state index contributed by atoms with van der Waals surface area (Å²) in [6.45, 7) is 2.30. The summed E-state index contributed by atoms with van der Waals surface area (Å²) in [7, 11) is -3.87. The Morgan fingerprint density at radius 3 is 2.59 bits per heavy atom. The zero-order valence-electron chi connectivity index (χ0n) is 11.8. The fraction of sp³-hybridized carbons (Fsp3) is 0.133. The van der Waals surface area contributed by atoms with E-state index in [9.17, 15) is 13.2 Å². The van der Waals surface area contributed by atoms with Crippen LogP contribution in [0.5, 0.6) is 5.75 Å². The number of carbonyl (C=O) groups is 1. The van der Waals surface area contributed by atoms with Crippen LogP contribution in [0.2, 0.25) is 0 Å². The number of nitrogens with one attached hydrogen (secondary N) is 1. The monoisotopic (exact) mass is 321 g/mol. The molecule has 6 nitrogen and oxygen atoms in total. The predicted molar refractivity (Wildman–Crippen MR) is 81.8 cm³/mol. The molecule has 22 heavy (non-hydrogen) atoms. The highest BCUT2D eigenvalue weighted by molar-refractivity contribution is 7.92. The molecule has 0 atom stereocenters. The predicted octanol–water partition coefficient (Wildman–Crippen LogP) is 2.58. The number of hydrogen-bond donors (Lipinski definition) is 2. The topological polar surface area (TPSA) is 92.7 Å².